The molecule has 2 N–H and O–H groups in total. The van der Waals surface area contributed by atoms with Crippen molar-refractivity contribution in [2.24, 2.45) is 0 Å². The monoisotopic (exact) mass is 543 g/mol. The molecule has 0 aromatic carbocycles. The van der Waals surface area contributed by atoms with Crippen LogP contribution in [0.4, 0.5) is 26.3 Å². The molecule has 4 heterocycles. The number of aryl methyl sites for hydroxylation is 1. The minimum atomic E-state index is -5.08. The Balaban J connectivity index is 0.000000271. The zero-order chi connectivity index (χ0) is 27.1. The first-order valence-corrected chi connectivity index (χ1v) is 10.6. The Bertz CT molecular complexity index is 1120. The largest absolute Gasteiger partial charge is 0.490 e. The summed E-state index contributed by atoms with van der Waals surface area (Å²) >= 11 is 1.71. The molecule has 1 aliphatic heterocycles. The van der Waals surface area contributed by atoms with Gasteiger partial charge in [-0.1, -0.05) is 0 Å². The van der Waals surface area contributed by atoms with E-state index in [4.69, 9.17) is 19.8 Å². The molecule has 3 aromatic heterocycles. The number of aromatic nitrogens is 6. The molecule has 0 saturated carbocycles. The highest BCUT2D eigenvalue weighted by Gasteiger charge is 2.38. The molecule has 36 heavy (non-hydrogen) atoms. The van der Waals surface area contributed by atoms with Crippen molar-refractivity contribution in [3.05, 3.63) is 46.5 Å². The summed E-state index contributed by atoms with van der Waals surface area (Å²) in [6.45, 7) is 6.52. The fourth-order valence-corrected chi connectivity index (χ4v) is 3.43. The van der Waals surface area contributed by atoms with E-state index in [0.717, 1.165) is 49.2 Å². The molecule has 0 fully saturated rings. The van der Waals surface area contributed by atoms with Gasteiger partial charge in [0.15, 0.2) is 0 Å². The SMILES string of the molecule is Cc1nc(CN2CCn3c(Cn4cncn4)cnc3C2)cs1.O=C(O)C(F)(F)F.O=C(O)C(F)(F)F. The Hall–Kier alpha value is -3.54. The van der Waals surface area contributed by atoms with Crippen LogP contribution in [0, 0.1) is 6.92 Å². The lowest BCUT2D eigenvalue weighted by atomic mass is 10.3. The minimum Gasteiger partial charge on any atom is -0.475 e. The second kappa shape index (κ2) is 11.9. The number of carboxylic acid groups (broad SMARTS) is 2. The van der Waals surface area contributed by atoms with E-state index < -0.39 is 24.3 Å². The molecular weight excluding hydrogens is 524 g/mol. The van der Waals surface area contributed by atoms with Gasteiger partial charge in [-0.05, 0) is 6.92 Å². The van der Waals surface area contributed by atoms with Gasteiger partial charge in [-0.3, -0.25) is 4.90 Å². The predicted octanol–water partition coefficient (Wildman–Crippen LogP) is 2.57. The van der Waals surface area contributed by atoms with Crippen LogP contribution in [-0.2, 0) is 35.8 Å². The van der Waals surface area contributed by atoms with Gasteiger partial charge in [0.2, 0.25) is 0 Å². The molecule has 18 heteroatoms. The molecule has 0 saturated heterocycles. The van der Waals surface area contributed by atoms with Crippen molar-refractivity contribution in [1.29, 1.82) is 0 Å². The summed E-state index contributed by atoms with van der Waals surface area (Å²) in [4.78, 5) is 33.3. The van der Waals surface area contributed by atoms with Crippen LogP contribution in [0.5, 0.6) is 0 Å². The Labute approximate surface area is 202 Å². The van der Waals surface area contributed by atoms with Crippen LogP contribution in [0.2, 0.25) is 0 Å². The summed E-state index contributed by atoms with van der Waals surface area (Å²) in [6, 6.07) is 0. The van der Waals surface area contributed by atoms with Crippen LogP contribution in [-0.4, -0.2) is 75.2 Å². The topological polar surface area (TPSA) is 139 Å². The predicted molar refractivity (Wildman–Crippen MR) is 110 cm³/mol. The third-order valence-corrected chi connectivity index (χ3v) is 5.18. The Morgan fingerprint density at radius 2 is 1.67 bits per heavy atom. The maximum Gasteiger partial charge on any atom is 0.490 e. The standard InChI is InChI=1S/C14H17N7S.2C2HF3O2/c1-11-18-12(8-22-11)5-19-2-3-21-13(4-16-14(21)7-19)6-20-10-15-9-17-20;2*3-2(4,5)1(6)7/h4,8-10H,2-3,5-7H2,1H3;2*(H,6,7). The van der Waals surface area contributed by atoms with Gasteiger partial charge >= 0.3 is 24.3 Å². The van der Waals surface area contributed by atoms with Crippen molar-refractivity contribution in [2.45, 2.75) is 45.5 Å². The smallest absolute Gasteiger partial charge is 0.475 e. The van der Waals surface area contributed by atoms with Crippen molar-refractivity contribution in [3.8, 4) is 0 Å². The third kappa shape index (κ3) is 8.91. The van der Waals surface area contributed by atoms with Gasteiger partial charge in [-0.15, -0.1) is 11.3 Å². The molecule has 0 amide bonds. The van der Waals surface area contributed by atoms with Crippen LogP contribution in [0.3, 0.4) is 0 Å². The van der Waals surface area contributed by atoms with Crippen LogP contribution >= 0.6 is 11.3 Å². The number of thiazole rings is 1. The van der Waals surface area contributed by atoms with E-state index in [0.29, 0.717) is 0 Å². The molecule has 0 unspecified atom stereocenters. The van der Waals surface area contributed by atoms with E-state index in [9.17, 15) is 26.3 Å². The zero-order valence-corrected chi connectivity index (χ0v) is 19.2. The summed E-state index contributed by atoms with van der Waals surface area (Å²) in [5.41, 5.74) is 2.34. The fourth-order valence-electron chi connectivity index (χ4n) is 2.82. The van der Waals surface area contributed by atoms with Gasteiger partial charge in [0, 0.05) is 25.0 Å². The molecule has 1 aliphatic rings. The van der Waals surface area contributed by atoms with E-state index in [2.05, 4.69) is 34.9 Å². The normalized spacial score (nSPS) is 13.6. The number of aliphatic carboxylic acids is 2. The van der Waals surface area contributed by atoms with Crippen molar-refractivity contribution in [1.82, 2.24) is 34.2 Å². The lowest BCUT2D eigenvalue weighted by Crippen LogP contribution is -2.34. The third-order valence-electron chi connectivity index (χ3n) is 4.35. The molecule has 4 rings (SSSR count). The van der Waals surface area contributed by atoms with Crippen LogP contribution in [0.25, 0.3) is 0 Å². The van der Waals surface area contributed by atoms with E-state index in [-0.39, 0.29) is 0 Å². The molecule has 0 aliphatic carbocycles. The average Bonchev–Trinajstić information content (AvgIpc) is 3.50. The van der Waals surface area contributed by atoms with Crippen molar-refractivity contribution >= 4 is 23.3 Å². The maximum atomic E-state index is 10.6. The number of alkyl halides is 6. The van der Waals surface area contributed by atoms with Gasteiger partial charge in [-0.2, -0.15) is 31.4 Å². The van der Waals surface area contributed by atoms with Gasteiger partial charge in [0.1, 0.15) is 18.5 Å². The van der Waals surface area contributed by atoms with Crippen LogP contribution in [0.15, 0.2) is 24.2 Å². The van der Waals surface area contributed by atoms with Crippen LogP contribution < -0.4 is 0 Å². The number of imidazole rings is 1. The number of rotatable bonds is 4. The Morgan fingerprint density at radius 1 is 1.06 bits per heavy atom. The fraction of sp³-hybridized carbons (Fsp3) is 0.444. The summed E-state index contributed by atoms with van der Waals surface area (Å²) < 4.78 is 67.6. The lowest BCUT2D eigenvalue weighted by Gasteiger charge is -2.27. The highest BCUT2D eigenvalue weighted by Crippen LogP contribution is 2.18. The number of hydrogen-bond acceptors (Lipinski definition) is 8. The first-order chi connectivity index (χ1) is 16.7. The van der Waals surface area contributed by atoms with Crippen molar-refractivity contribution in [2.75, 3.05) is 6.54 Å². The number of fused-ring (bicyclic) bond motifs is 1. The lowest BCUT2D eigenvalue weighted by molar-refractivity contribution is -0.193. The summed E-state index contributed by atoms with van der Waals surface area (Å²) in [6.07, 6.45) is -4.92. The van der Waals surface area contributed by atoms with E-state index >= 15 is 0 Å². The molecular formula is C18H19F6N7O4S. The van der Waals surface area contributed by atoms with Crippen molar-refractivity contribution < 1.29 is 46.1 Å². The molecule has 198 valence electrons. The molecule has 3 aromatic rings. The van der Waals surface area contributed by atoms with Gasteiger partial charge in [0.05, 0.1) is 35.7 Å². The summed E-state index contributed by atoms with van der Waals surface area (Å²) in [5, 5.41) is 21.7. The maximum absolute atomic E-state index is 10.6. The first kappa shape index (κ1) is 28.7. The highest BCUT2D eigenvalue weighted by atomic mass is 32.1. The van der Waals surface area contributed by atoms with Gasteiger partial charge in [-0.25, -0.2) is 29.2 Å². The number of halogens is 6. The summed E-state index contributed by atoms with van der Waals surface area (Å²) in [7, 11) is 0. The number of carbonyl (C=O) groups is 2. The number of hydrogen-bond donors (Lipinski definition) is 2. The number of nitrogens with zero attached hydrogens (tertiary/aromatic N) is 7. The molecule has 11 nitrogen and oxygen atoms in total. The van der Waals surface area contributed by atoms with Gasteiger partial charge < -0.3 is 14.8 Å². The van der Waals surface area contributed by atoms with Crippen LogP contribution in [0.1, 0.15) is 22.2 Å². The molecule has 0 radical (unpaired) electrons. The second-order valence-electron chi connectivity index (χ2n) is 7.08. The van der Waals surface area contributed by atoms with Gasteiger partial charge in [0.25, 0.3) is 0 Å². The number of carboxylic acids is 2. The second-order valence-corrected chi connectivity index (χ2v) is 8.15. The highest BCUT2D eigenvalue weighted by molar-refractivity contribution is 7.09. The molecule has 0 bridgehead atoms. The average molecular weight is 543 g/mol. The Morgan fingerprint density at radius 3 is 2.14 bits per heavy atom. The van der Waals surface area contributed by atoms with E-state index in [1.165, 1.54) is 5.69 Å². The van der Waals surface area contributed by atoms with E-state index in [1.807, 2.05) is 17.8 Å². The summed E-state index contributed by atoms with van der Waals surface area (Å²) in [5.74, 6) is -4.40. The van der Waals surface area contributed by atoms with E-state index in [1.54, 1.807) is 24.0 Å². The molecule has 0 atom stereocenters. The van der Waals surface area contributed by atoms with Crippen molar-refractivity contribution in [3.63, 3.8) is 0 Å². The first-order valence-electron chi connectivity index (χ1n) is 9.76. The zero-order valence-electron chi connectivity index (χ0n) is 18.4. The quantitative estimate of drug-likeness (QED) is 0.476. The Kier molecular flexibility index (Phi) is 9.51. The minimum absolute atomic E-state index is 0.721. The molecule has 0 spiro atoms.